The van der Waals surface area contributed by atoms with Crippen LogP contribution in [0.15, 0.2) is 24.3 Å². The van der Waals surface area contributed by atoms with E-state index in [0.29, 0.717) is 34.2 Å². The second-order valence-corrected chi connectivity index (χ2v) is 21.1. The van der Waals surface area contributed by atoms with Crippen molar-refractivity contribution < 1.29 is 10.2 Å². The average molecular weight is 670 g/mol. The highest BCUT2D eigenvalue weighted by Crippen LogP contribution is 2.74. The van der Waals surface area contributed by atoms with E-state index in [2.05, 4.69) is 119 Å². The van der Waals surface area contributed by atoms with E-state index < -0.39 is 0 Å². The van der Waals surface area contributed by atoms with Gasteiger partial charge < -0.3 is 10.2 Å². The fraction of sp³-hybridized carbons (Fsp3) is 0.739. The van der Waals surface area contributed by atoms with Crippen LogP contribution in [0, 0.1) is 33.5 Å². The number of rotatable bonds is 9. The predicted octanol–water partition coefficient (Wildman–Crippen LogP) is 12.4. The molecule has 0 aromatic heterocycles. The van der Waals surface area contributed by atoms with Gasteiger partial charge in [0.1, 0.15) is 11.5 Å². The normalized spacial score (nSPS) is 31.7. The average Bonchev–Trinajstić information content (AvgIpc) is 3.52. The first-order valence-electron chi connectivity index (χ1n) is 20.0. The quantitative estimate of drug-likeness (QED) is 0.279. The number of phenolic OH excluding ortho intramolecular Hbond substituents is 2. The Morgan fingerprint density at radius 1 is 0.653 bits per heavy atom. The van der Waals surface area contributed by atoms with Crippen molar-refractivity contribution in [3.05, 3.63) is 57.6 Å². The van der Waals surface area contributed by atoms with Crippen molar-refractivity contribution in [1.82, 2.24) is 4.90 Å². The number of aromatic hydroxyl groups is 2. The molecule has 49 heavy (non-hydrogen) atoms. The Morgan fingerprint density at radius 2 is 1.06 bits per heavy atom. The molecular formula is C46H71NO2. The van der Waals surface area contributed by atoms with Gasteiger partial charge in [0, 0.05) is 13.1 Å². The lowest BCUT2D eigenvalue weighted by Crippen LogP contribution is -2.32. The molecule has 6 rings (SSSR count). The van der Waals surface area contributed by atoms with Crippen molar-refractivity contribution in [2.75, 3.05) is 6.54 Å². The number of hydrogen-bond acceptors (Lipinski definition) is 3. The van der Waals surface area contributed by atoms with Crippen molar-refractivity contribution in [3.63, 3.8) is 0 Å². The molecular weight excluding hydrogens is 599 g/mol. The predicted molar refractivity (Wildman–Crippen MR) is 207 cm³/mol. The highest BCUT2D eigenvalue weighted by atomic mass is 16.3. The van der Waals surface area contributed by atoms with Crippen LogP contribution in [-0.2, 0) is 23.9 Å². The van der Waals surface area contributed by atoms with Gasteiger partial charge in [-0.15, -0.1) is 0 Å². The minimum Gasteiger partial charge on any atom is -0.507 e. The molecule has 0 amide bonds. The van der Waals surface area contributed by atoms with Crippen LogP contribution >= 0.6 is 0 Å². The summed E-state index contributed by atoms with van der Waals surface area (Å²) in [5.41, 5.74) is 7.95. The molecule has 0 heterocycles. The minimum absolute atomic E-state index is 0.149. The molecule has 4 aliphatic carbocycles. The smallest absolute Gasteiger partial charge is 0.123 e. The highest BCUT2D eigenvalue weighted by molar-refractivity contribution is 5.52. The van der Waals surface area contributed by atoms with E-state index in [0.717, 1.165) is 55.4 Å². The lowest BCUT2D eigenvalue weighted by molar-refractivity contribution is 0.130. The maximum absolute atomic E-state index is 12.5. The van der Waals surface area contributed by atoms with Gasteiger partial charge >= 0.3 is 0 Å². The van der Waals surface area contributed by atoms with Gasteiger partial charge in [-0.05, 0) is 141 Å². The van der Waals surface area contributed by atoms with Crippen molar-refractivity contribution in [2.24, 2.45) is 33.5 Å². The molecule has 2 aromatic carbocycles. The SMILES string of the molecule is CCCCN(Cc1cc([C@H]2C[C@@H]3CC[C@@]2(C)C3(C)C)c(O)c([C@@H]2C[C@H]3CC[C@]2(C)C3(C)C)c1)Cc1cc(C(C)(C)C)c(O)c(C(C)(C)C)c1. The van der Waals surface area contributed by atoms with Crippen LogP contribution in [0.4, 0.5) is 0 Å². The summed E-state index contributed by atoms with van der Waals surface area (Å²) >= 11 is 0. The zero-order valence-corrected chi connectivity index (χ0v) is 33.7. The van der Waals surface area contributed by atoms with E-state index >= 15 is 0 Å². The summed E-state index contributed by atoms with van der Waals surface area (Å²) in [5, 5.41) is 23.9. The van der Waals surface area contributed by atoms with E-state index in [1.54, 1.807) is 0 Å². The van der Waals surface area contributed by atoms with Crippen molar-refractivity contribution >= 4 is 0 Å². The van der Waals surface area contributed by atoms with Gasteiger partial charge in [-0.1, -0.05) is 121 Å². The van der Waals surface area contributed by atoms with Crippen molar-refractivity contribution in [2.45, 2.75) is 177 Å². The van der Waals surface area contributed by atoms with Crippen LogP contribution in [-0.4, -0.2) is 21.7 Å². The molecule has 2 aromatic rings. The first kappa shape index (κ1) is 36.8. The molecule has 4 saturated carbocycles. The Bertz CT molecular complexity index is 1470. The summed E-state index contributed by atoms with van der Waals surface area (Å²) in [7, 11) is 0. The summed E-state index contributed by atoms with van der Waals surface area (Å²) in [4.78, 5) is 2.65. The largest absolute Gasteiger partial charge is 0.507 e. The van der Waals surface area contributed by atoms with Gasteiger partial charge in [0.05, 0.1) is 0 Å². The Labute approximate surface area is 300 Å². The number of nitrogens with zero attached hydrogens (tertiary/aromatic N) is 1. The third kappa shape index (κ3) is 5.79. The Kier molecular flexibility index (Phi) is 9.03. The van der Waals surface area contributed by atoms with Crippen molar-refractivity contribution in [3.8, 4) is 11.5 Å². The third-order valence-corrected chi connectivity index (χ3v) is 16.0. The molecule has 0 aliphatic heterocycles. The summed E-state index contributed by atoms with van der Waals surface area (Å²) in [6.07, 6.45) is 9.90. The fourth-order valence-corrected chi connectivity index (χ4v) is 11.8. The molecule has 0 saturated heterocycles. The molecule has 6 atom stereocenters. The number of hydrogen-bond donors (Lipinski definition) is 2. The Balaban J connectivity index is 1.43. The second kappa shape index (κ2) is 12.0. The molecule has 4 aliphatic rings. The van der Waals surface area contributed by atoms with Crippen LogP contribution in [0.25, 0.3) is 0 Å². The lowest BCUT2D eigenvalue weighted by Gasteiger charge is -2.42. The molecule has 3 heteroatoms. The standard InChI is InChI=1S/C46H71NO2/c1-14-15-20-47(28-30-23-37(41(2,3)4)40(49)38(24-30)42(5,6)7)27-29-21-33(35-25-31-16-18-45(35,12)43(31,8)9)39(48)34(22-29)36-26-32-17-19-46(36,13)44(32,10)11/h21-24,31-32,35-36,48-49H,14-20,25-28H2,1-13H3/t31-,32+,35+,36-,45+,46-. The molecule has 0 spiro atoms. The third-order valence-electron chi connectivity index (χ3n) is 16.0. The number of benzene rings is 2. The maximum atomic E-state index is 12.5. The van der Waals surface area contributed by atoms with Crippen molar-refractivity contribution in [1.29, 1.82) is 0 Å². The molecule has 272 valence electrons. The molecule has 4 fully saturated rings. The van der Waals surface area contributed by atoms with E-state index in [9.17, 15) is 10.2 Å². The number of fused-ring (bicyclic) bond motifs is 4. The van der Waals surface area contributed by atoms with Crippen LogP contribution in [0.2, 0.25) is 0 Å². The zero-order chi connectivity index (χ0) is 36.1. The summed E-state index contributed by atoms with van der Waals surface area (Å²) in [6, 6.07) is 9.44. The first-order valence-corrected chi connectivity index (χ1v) is 20.0. The Morgan fingerprint density at radius 3 is 1.39 bits per heavy atom. The van der Waals surface area contributed by atoms with Crippen LogP contribution in [0.1, 0.15) is 187 Å². The summed E-state index contributed by atoms with van der Waals surface area (Å²) in [6.45, 7) is 33.4. The van der Waals surface area contributed by atoms with Gasteiger partial charge in [0.2, 0.25) is 0 Å². The second-order valence-electron chi connectivity index (χ2n) is 21.1. The maximum Gasteiger partial charge on any atom is 0.123 e. The monoisotopic (exact) mass is 670 g/mol. The lowest BCUT2D eigenvalue weighted by atomic mass is 9.63. The molecule has 2 N–H and O–H groups in total. The molecule has 3 nitrogen and oxygen atoms in total. The van der Waals surface area contributed by atoms with Gasteiger partial charge in [-0.25, -0.2) is 0 Å². The minimum atomic E-state index is -0.149. The van der Waals surface area contributed by atoms with Crippen LogP contribution < -0.4 is 0 Å². The zero-order valence-electron chi connectivity index (χ0n) is 33.7. The number of phenols is 2. The van der Waals surface area contributed by atoms with Gasteiger partial charge in [0.15, 0.2) is 0 Å². The van der Waals surface area contributed by atoms with E-state index in [4.69, 9.17) is 0 Å². The first-order chi connectivity index (χ1) is 22.6. The van der Waals surface area contributed by atoms with Gasteiger partial charge in [-0.2, -0.15) is 0 Å². The van der Waals surface area contributed by atoms with Crippen LogP contribution in [0.5, 0.6) is 11.5 Å². The Hall–Kier alpha value is -2.00. The van der Waals surface area contributed by atoms with Gasteiger partial charge in [0.25, 0.3) is 0 Å². The molecule has 0 unspecified atom stereocenters. The molecule has 0 radical (unpaired) electrons. The molecule has 4 bridgehead atoms. The van der Waals surface area contributed by atoms with Gasteiger partial charge in [-0.3, -0.25) is 4.90 Å². The highest BCUT2D eigenvalue weighted by Gasteiger charge is 2.64. The fourth-order valence-electron chi connectivity index (χ4n) is 11.8. The topological polar surface area (TPSA) is 43.7 Å². The van der Waals surface area contributed by atoms with E-state index in [-0.39, 0.29) is 21.7 Å². The van der Waals surface area contributed by atoms with Crippen LogP contribution in [0.3, 0.4) is 0 Å². The van der Waals surface area contributed by atoms with E-state index in [1.807, 2.05) is 0 Å². The summed E-state index contributed by atoms with van der Waals surface area (Å²) in [5.74, 6) is 3.38. The van der Waals surface area contributed by atoms with E-state index in [1.165, 1.54) is 60.8 Å². The number of unbranched alkanes of at least 4 members (excludes halogenated alkanes) is 1. The summed E-state index contributed by atoms with van der Waals surface area (Å²) < 4.78 is 0.